The summed E-state index contributed by atoms with van der Waals surface area (Å²) in [7, 11) is 0. The van der Waals surface area contributed by atoms with Gasteiger partial charge in [-0.25, -0.2) is 9.97 Å². The summed E-state index contributed by atoms with van der Waals surface area (Å²) < 4.78 is 5.88. The molecule has 1 atom stereocenters. The molecule has 1 saturated heterocycles. The Morgan fingerprint density at radius 2 is 2.18 bits per heavy atom. The molecule has 3 rings (SSSR count). The van der Waals surface area contributed by atoms with Crippen molar-refractivity contribution < 1.29 is 4.74 Å². The van der Waals surface area contributed by atoms with Gasteiger partial charge in [0, 0.05) is 49.6 Å². The number of hydrogen-bond donors (Lipinski definition) is 0. The Balaban J connectivity index is 1.50. The molecule has 6 heteroatoms. The van der Waals surface area contributed by atoms with Crippen LogP contribution < -0.4 is 0 Å². The molecule has 6 nitrogen and oxygen atoms in total. The van der Waals surface area contributed by atoms with Crippen LogP contribution in [0, 0.1) is 6.92 Å². The van der Waals surface area contributed by atoms with Crippen molar-refractivity contribution in [3.8, 4) is 0 Å². The maximum absolute atomic E-state index is 5.88. The molecule has 0 N–H and O–H groups in total. The van der Waals surface area contributed by atoms with E-state index in [0.29, 0.717) is 0 Å². The monoisotopic (exact) mass is 299 g/mol. The molecule has 0 aromatic carbocycles. The Bertz CT molecular complexity index is 592. The molecule has 0 saturated carbocycles. The molecule has 116 valence electrons. The van der Waals surface area contributed by atoms with E-state index in [1.54, 1.807) is 18.7 Å². The number of aromatic nitrogens is 4. The van der Waals surface area contributed by atoms with Crippen LogP contribution in [0.25, 0.3) is 0 Å². The molecule has 0 spiro atoms. The minimum absolute atomic E-state index is 0.251. The lowest BCUT2D eigenvalue weighted by Crippen LogP contribution is -2.42. The lowest BCUT2D eigenvalue weighted by Gasteiger charge is -2.32. The molecule has 1 unspecified atom stereocenters. The van der Waals surface area contributed by atoms with Gasteiger partial charge >= 0.3 is 0 Å². The Morgan fingerprint density at radius 3 is 3.00 bits per heavy atom. The van der Waals surface area contributed by atoms with Gasteiger partial charge in [0.05, 0.1) is 18.4 Å². The zero-order valence-corrected chi connectivity index (χ0v) is 12.9. The molecular formula is C16H21N5O. The van der Waals surface area contributed by atoms with Gasteiger partial charge in [0.1, 0.15) is 6.33 Å². The Morgan fingerprint density at radius 1 is 1.23 bits per heavy atom. The van der Waals surface area contributed by atoms with Gasteiger partial charge in [-0.15, -0.1) is 0 Å². The van der Waals surface area contributed by atoms with Crippen LogP contribution in [-0.4, -0.2) is 50.6 Å². The third-order valence-corrected chi connectivity index (χ3v) is 3.81. The Kier molecular flexibility index (Phi) is 5.03. The average Bonchev–Trinajstić information content (AvgIpc) is 2.54. The predicted molar refractivity (Wildman–Crippen MR) is 82.1 cm³/mol. The highest BCUT2D eigenvalue weighted by Crippen LogP contribution is 2.13. The standard InChI is InChI=1S/C16H21N5O/c1-13-8-14(20-12-19-13)2-3-16-11-21(6-7-22-16)10-15-9-17-4-5-18-15/h4-5,8-9,12,16H,2-3,6-7,10-11H2,1H3. The quantitative estimate of drug-likeness (QED) is 0.832. The van der Waals surface area contributed by atoms with Gasteiger partial charge in [-0.05, 0) is 25.8 Å². The summed E-state index contributed by atoms with van der Waals surface area (Å²) in [5.41, 5.74) is 3.11. The van der Waals surface area contributed by atoms with Crippen LogP contribution in [0.15, 0.2) is 31.0 Å². The second kappa shape index (κ2) is 7.38. The van der Waals surface area contributed by atoms with E-state index in [9.17, 15) is 0 Å². The first-order valence-electron chi connectivity index (χ1n) is 7.66. The number of aryl methyl sites for hydroxylation is 2. The van der Waals surface area contributed by atoms with Crippen molar-refractivity contribution in [1.82, 2.24) is 24.8 Å². The van der Waals surface area contributed by atoms with Gasteiger partial charge in [0.15, 0.2) is 0 Å². The second-order valence-electron chi connectivity index (χ2n) is 5.61. The summed E-state index contributed by atoms with van der Waals surface area (Å²) in [6, 6.07) is 2.04. The molecular weight excluding hydrogens is 278 g/mol. The first kappa shape index (κ1) is 15.0. The number of hydrogen-bond acceptors (Lipinski definition) is 6. The molecule has 0 amide bonds. The number of ether oxygens (including phenoxy) is 1. The molecule has 0 bridgehead atoms. The SMILES string of the molecule is Cc1cc(CCC2CN(Cc3cnccn3)CCO2)ncn1. The van der Waals surface area contributed by atoms with E-state index in [4.69, 9.17) is 4.74 Å². The summed E-state index contributed by atoms with van der Waals surface area (Å²) in [5.74, 6) is 0. The summed E-state index contributed by atoms with van der Waals surface area (Å²) in [6.07, 6.45) is 9.06. The number of morpholine rings is 1. The van der Waals surface area contributed by atoms with E-state index in [1.807, 2.05) is 19.2 Å². The Hall–Kier alpha value is -1.92. The van der Waals surface area contributed by atoms with E-state index in [1.165, 1.54) is 0 Å². The van der Waals surface area contributed by atoms with Crippen molar-refractivity contribution >= 4 is 0 Å². The molecule has 22 heavy (non-hydrogen) atoms. The lowest BCUT2D eigenvalue weighted by molar-refractivity contribution is -0.0350. The molecule has 0 radical (unpaired) electrons. The maximum Gasteiger partial charge on any atom is 0.115 e. The van der Waals surface area contributed by atoms with Crippen molar-refractivity contribution in [3.05, 3.63) is 48.1 Å². The van der Waals surface area contributed by atoms with Crippen LogP contribution in [0.2, 0.25) is 0 Å². The number of rotatable bonds is 5. The van der Waals surface area contributed by atoms with E-state index in [2.05, 4.69) is 24.8 Å². The van der Waals surface area contributed by atoms with E-state index >= 15 is 0 Å². The predicted octanol–water partition coefficient (Wildman–Crippen LogP) is 1.41. The van der Waals surface area contributed by atoms with Gasteiger partial charge in [0.2, 0.25) is 0 Å². The van der Waals surface area contributed by atoms with Gasteiger partial charge < -0.3 is 4.74 Å². The number of nitrogens with zero attached hydrogens (tertiary/aromatic N) is 5. The zero-order chi connectivity index (χ0) is 15.2. The van der Waals surface area contributed by atoms with Gasteiger partial charge in [0.25, 0.3) is 0 Å². The average molecular weight is 299 g/mol. The van der Waals surface area contributed by atoms with Crippen LogP contribution in [0.3, 0.4) is 0 Å². The first-order chi connectivity index (χ1) is 10.8. The molecule has 0 aliphatic carbocycles. The first-order valence-corrected chi connectivity index (χ1v) is 7.66. The highest BCUT2D eigenvalue weighted by Gasteiger charge is 2.20. The van der Waals surface area contributed by atoms with Gasteiger partial charge in [-0.2, -0.15) is 0 Å². The highest BCUT2D eigenvalue weighted by atomic mass is 16.5. The van der Waals surface area contributed by atoms with E-state index < -0.39 is 0 Å². The molecule has 2 aromatic heterocycles. The topological polar surface area (TPSA) is 64.0 Å². The van der Waals surface area contributed by atoms with Crippen molar-refractivity contribution in [2.45, 2.75) is 32.4 Å². The molecule has 3 heterocycles. The highest BCUT2D eigenvalue weighted by molar-refractivity contribution is 5.06. The maximum atomic E-state index is 5.88. The smallest absolute Gasteiger partial charge is 0.115 e. The van der Waals surface area contributed by atoms with Crippen LogP contribution in [0.5, 0.6) is 0 Å². The van der Waals surface area contributed by atoms with Crippen LogP contribution in [-0.2, 0) is 17.7 Å². The summed E-state index contributed by atoms with van der Waals surface area (Å²) >= 11 is 0. The van der Waals surface area contributed by atoms with Crippen molar-refractivity contribution in [3.63, 3.8) is 0 Å². The van der Waals surface area contributed by atoms with Crippen molar-refractivity contribution in [2.75, 3.05) is 19.7 Å². The fraction of sp³-hybridized carbons (Fsp3) is 0.500. The molecule has 2 aromatic rings. The zero-order valence-electron chi connectivity index (χ0n) is 12.9. The third kappa shape index (κ3) is 4.29. The molecule has 1 aliphatic rings. The summed E-state index contributed by atoms with van der Waals surface area (Å²) in [6.45, 7) is 5.47. The van der Waals surface area contributed by atoms with Gasteiger partial charge in [-0.3, -0.25) is 14.9 Å². The second-order valence-corrected chi connectivity index (χ2v) is 5.61. The van der Waals surface area contributed by atoms with Crippen LogP contribution in [0.1, 0.15) is 23.5 Å². The fourth-order valence-electron chi connectivity index (χ4n) is 2.69. The van der Waals surface area contributed by atoms with Crippen LogP contribution >= 0.6 is 0 Å². The third-order valence-electron chi connectivity index (χ3n) is 3.81. The Labute approximate surface area is 130 Å². The van der Waals surface area contributed by atoms with E-state index in [-0.39, 0.29) is 6.10 Å². The molecule has 1 aliphatic heterocycles. The lowest BCUT2D eigenvalue weighted by atomic mass is 10.1. The van der Waals surface area contributed by atoms with E-state index in [0.717, 1.165) is 56.2 Å². The molecule has 1 fully saturated rings. The fourth-order valence-corrected chi connectivity index (χ4v) is 2.69. The van der Waals surface area contributed by atoms with Crippen molar-refractivity contribution in [2.24, 2.45) is 0 Å². The normalized spacial score (nSPS) is 19.2. The summed E-state index contributed by atoms with van der Waals surface area (Å²) in [4.78, 5) is 19.3. The van der Waals surface area contributed by atoms with Crippen LogP contribution in [0.4, 0.5) is 0 Å². The summed E-state index contributed by atoms with van der Waals surface area (Å²) in [5, 5.41) is 0. The minimum Gasteiger partial charge on any atom is -0.376 e. The largest absolute Gasteiger partial charge is 0.376 e. The van der Waals surface area contributed by atoms with Crippen molar-refractivity contribution in [1.29, 1.82) is 0 Å². The minimum atomic E-state index is 0.251. The van der Waals surface area contributed by atoms with Gasteiger partial charge in [-0.1, -0.05) is 0 Å².